The molecular weight excluding hydrogens is 401 g/mol. The molecule has 2 heterocycles. The van der Waals surface area contributed by atoms with E-state index in [1.807, 2.05) is 31.2 Å². The van der Waals surface area contributed by atoms with Crippen LogP contribution in [0.1, 0.15) is 18.5 Å². The summed E-state index contributed by atoms with van der Waals surface area (Å²) in [7, 11) is 1.59. The third-order valence-electron chi connectivity index (χ3n) is 4.93. The molecule has 0 aliphatic carbocycles. The molecule has 0 spiro atoms. The quantitative estimate of drug-likeness (QED) is 0.517. The molecule has 2 aromatic carbocycles. The number of fused-ring (bicyclic) bond motifs is 1. The lowest BCUT2D eigenvalue weighted by atomic mass is 10.1. The van der Waals surface area contributed by atoms with Crippen LogP contribution in [0.4, 0.5) is 4.39 Å². The van der Waals surface area contributed by atoms with Gasteiger partial charge in [0.05, 0.1) is 25.0 Å². The van der Waals surface area contributed by atoms with E-state index in [4.69, 9.17) is 4.74 Å². The van der Waals surface area contributed by atoms with E-state index in [-0.39, 0.29) is 35.3 Å². The second-order valence-electron chi connectivity index (χ2n) is 7.01. The maximum Gasteiger partial charge on any atom is 0.264 e. The Morgan fingerprint density at radius 2 is 1.87 bits per heavy atom. The van der Waals surface area contributed by atoms with Crippen LogP contribution in [0.3, 0.4) is 0 Å². The molecule has 4 aromatic rings. The SMILES string of the molecule is COc1ccc([C@@H](C)NC(=O)Cn2cnc3c(cnn3-c3ccc(F)cc3)c2=O)cc1. The molecule has 0 aliphatic heterocycles. The number of nitrogens with zero attached hydrogens (tertiary/aromatic N) is 4. The van der Waals surface area contributed by atoms with Crippen LogP contribution in [0.2, 0.25) is 0 Å². The normalized spacial score (nSPS) is 12.0. The van der Waals surface area contributed by atoms with E-state index in [1.165, 1.54) is 33.9 Å². The Labute approximate surface area is 176 Å². The first-order chi connectivity index (χ1) is 15.0. The topological polar surface area (TPSA) is 91.0 Å². The summed E-state index contributed by atoms with van der Waals surface area (Å²) in [5, 5.41) is 7.32. The van der Waals surface area contributed by atoms with Crippen molar-refractivity contribution in [3.63, 3.8) is 0 Å². The minimum atomic E-state index is -0.384. The maximum absolute atomic E-state index is 13.2. The molecular formula is C22H20FN5O3. The van der Waals surface area contributed by atoms with Crippen LogP contribution in [0.15, 0.2) is 65.8 Å². The largest absolute Gasteiger partial charge is 0.497 e. The number of hydrogen-bond donors (Lipinski definition) is 1. The second kappa shape index (κ2) is 8.39. The van der Waals surface area contributed by atoms with E-state index >= 15 is 0 Å². The van der Waals surface area contributed by atoms with Gasteiger partial charge in [0.2, 0.25) is 5.91 Å². The summed E-state index contributed by atoms with van der Waals surface area (Å²) < 4.78 is 21.0. The number of amides is 1. The molecule has 0 radical (unpaired) electrons. The van der Waals surface area contributed by atoms with Gasteiger partial charge >= 0.3 is 0 Å². The standard InChI is InChI=1S/C22H20FN5O3/c1-14(15-3-9-18(31-2)10-4-15)26-20(29)12-27-13-24-21-19(22(27)30)11-25-28(21)17-7-5-16(23)6-8-17/h3-11,13-14H,12H2,1-2H3,(H,26,29)/t14-/m1/s1. The number of hydrogen-bond acceptors (Lipinski definition) is 5. The summed E-state index contributed by atoms with van der Waals surface area (Å²) in [5.41, 5.74) is 1.44. The first kappa shape index (κ1) is 20.3. The predicted octanol–water partition coefficient (Wildman–Crippen LogP) is 2.61. The third kappa shape index (κ3) is 4.16. The van der Waals surface area contributed by atoms with Crippen molar-refractivity contribution < 1.29 is 13.9 Å². The van der Waals surface area contributed by atoms with Crippen molar-refractivity contribution >= 4 is 16.9 Å². The van der Waals surface area contributed by atoms with Crippen LogP contribution in [0, 0.1) is 5.82 Å². The van der Waals surface area contributed by atoms with Crippen LogP contribution in [0.5, 0.6) is 5.75 Å². The Bertz CT molecular complexity index is 1280. The molecule has 1 N–H and O–H groups in total. The average Bonchev–Trinajstić information content (AvgIpc) is 3.21. The Balaban J connectivity index is 1.51. The molecule has 0 saturated carbocycles. The van der Waals surface area contributed by atoms with Crippen molar-refractivity contribution in [2.75, 3.05) is 7.11 Å². The highest BCUT2D eigenvalue weighted by atomic mass is 19.1. The van der Waals surface area contributed by atoms with Gasteiger partial charge in [0.25, 0.3) is 5.56 Å². The molecule has 31 heavy (non-hydrogen) atoms. The van der Waals surface area contributed by atoms with Crippen molar-refractivity contribution in [3.05, 3.63) is 82.8 Å². The van der Waals surface area contributed by atoms with Gasteiger partial charge < -0.3 is 10.1 Å². The smallest absolute Gasteiger partial charge is 0.264 e. The number of benzene rings is 2. The van der Waals surface area contributed by atoms with Gasteiger partial charge in [-0.25, -0.2) is 14.1 Å². The molecule has 0 bridgehead atoms. The number of aromatic nitrogens is 4. The fourth-order valence-electron chi connectivity index (χ4n) is 3.25. The highest BCUT2D eigenvalue weighted by Crippen LogP contribution is 2.17. The average molecular weight is 421 g/mol. The Kier molecular flexibility index (Phi) is 5.48. The minimum Gasteiger partial charge on any atom is -0.497 e. The van der Waals surface area contributed by atoms with Crippen molar-refractivity contribution in [2.24, 2.45) is 0 Å². The Hall–Kier alpha value is -4.01. The van der Waals surface area contributed by atoms with Crippen molar-refractivity contribution in [3.8, 4) is 11.4 Å². The van der Waals surface area contributed by atoms with Gasteiger partial charge in [-0.05, 0) is 48.9 Å². The van der Waals surface area contributed by atoms with Gasteiger partial charge in [-0.2, -0.15) is 5.10 Å². The summed E-state index contributed by atoms with van der Waals surface area (Å²) in [6.45, 7) is 1.68. The zero-order chi connectivity index (χ0) is 22.0. The highest BCUT2D eigenvalue weighted by molar-refractivity contribution is 5.78. The number of ether oxygens (including phenoxy) is 1. The Morgan fingerprint density at radius 1 is 1.16 bits per heavy atom. The van der Waals surface area contributed by atoms with Crippen molar-refractivity contribution in [1.29, 1.82) is 0 Å². The van der Waals surface area contributed by atoms with Gasteiger partial charge in [-0.3, -0.25) is 14.2 Å². The van der Waals surface area contributed by atoms with Crippen LogP contribution in [-0.2, 0) is 11.3 Å². The first-order valence-corrected chi connectivity index (χ1v) is 9.58. The zero-order valence-electron chi connectivity index (χ0n) is 16.9. The van der Waals surface area contributed by atoms with E-state index in [0.29, 0.717) is 11.3 Å². The van der Waals surface area contributed by atoms with Crippen molar-refractivity contribution in [2.45, 2.75) is 19.5 Å². The van der Waals surface area contributed by atoms with E-state index in [1.54, 1.807) is 19.2 Å². The van der Waals surface area contributed by atoms with E-state index in [0.717, 1.165) is 11.3 Å². The van der Waals surface area contributed by atoms with E-state index in [2.05, 4.69) is 15.4 Å². The lowest BCUT2D eigenvalue weighted by Crippen LogP contribution is -2.33. The fraction of sp³-hybridized carbons (Fsp3) is 0.182. The monoisotopic (exact) mass is 421 g/mol. The van der Waals surface area contributed by atoms with Crippen LogP contribution in [-0.4, -0.2) is 32.3 Å². The molecule has 0 unspecified atom stereocenters. The maximum atomic E-state index is 13.2. The van der Waals surface area contributed by atoms with Crippen molar-refractivity contribution in [1.82, 2.24) is 24.6 Å². The number of methoxy groups -OCH3 is 1. The molecule has 0 saturated heterocycles. The summed E-state index contributed by atoms with van der Waals surface area (Å²) in [6, 6.07) is 12.8. The molecule has 1 amide bonds. The van der Waals surface area contributed by atoms with Crippen LogP contribution >= 0.6 is 0 Å². The van der Waals surface area contributed by atoms with Gasteiger partial charge in [0, 0.05) is 0 Å². The minimum absolute atomic E-state index is 0.177. The van der Waals surface area contributed by atoms with E-state index in [9.17, 15) is 14.0 Å². The summed E-state index contributed by atoms with van der Waals surface area (Å²) >= 11 is 0. The lowest BCUT2D eigenvalue weighted by molar-refractivity contribution is -0.122. The number of carbonyl (C=O) groups is 1. The van der Waals surface area contributed by atoms with Crippen LogP contribution in [0.25, 0.3) is 16.7 Å². The molecule has 158 valence electrons. The molecule has 9 heteroatoms. The molecule has 8 nitrogen and oxygen atoms in total. The lowest BCUT2D eigenvalue weighted by Gasteiger charge is -2.15. The number of carbonyl (C=O) groups excluding carboxylic acids is 1. The summed E-state index contributed by atoms with van der Waals surface area (Å²) in [6.07, 6.45) is 2.70. The van der Waals surface area contributed by atoms with Gasteiger partial charge in [0.15, 0.2) is 5.65 Å². The summed E-state index contributed by atoms with van der Waals surface area (Å²) in [5.74, 6) is 0.0392. The number of rotatable bonds is 6. The van der Waals surface area contributed by atoms with Gasteiger partial charge in [-0.15, -0.1) is 0 Å². The highest BCUT2D eigenvalue weighted by Gasteiger charge is 2.15. The number of halogens is 1. The molecule has 0 fully saturated rings. The summed E-state index contributed by atoms with van der Waals surface area (Å²) in [4.78, 5) is 29.6. The molecule has 2 aromatic heterocycles. The Morgan fingerprint density at radius 3 is 2.55 bits per heavy atom. The molecule has 4 rings (SSSR count). The fourth-order valence-corrected chi connectivity index (χ4v) is 3.25. The van der Waals surface area contributed by atoms with Crippen LogP contribution < -0.4 is 15.6 Å². The predicted molar refractivity (Wildman–Crippen MR) is 113 cm³/mol. The second-order valence-corrected chi connectivity index (χ2v) is 7.01. The third-order valence-corrected chi connectivity index (χ3v) is 4.93. The first-order valence-electron chi connectivity index (χ1n) is 9.58. The molecule has 1 atom stereocenters. The number of nitrogens with one attached hydrogen (secondary N) is 1. The molecule has 0 aliphatic rings. The zero-order valence-corrected chi connectivity index (χ0v) is 16.9. The van der Waals surface area contributed by atoms with E-state index < -0.39 is 0 Å². The van der Waals surface area contributed by atoms with Gasteiger partial charge in [-0.1, -0.05) is 12.1 Å². The van der Waals surface area contributed by atoms with Gasteiger partial charge in [0.1, 0.15) is 29.8 Å².